The summed E-state index contributed by atoms with van der Waals surface area (Å²) in [4.78, 5) is 0.219. The van der Waals surface area contributed by atoms with Crippen molar-refractivity contribution in [3.05, 3.63) is 96.8 Å². The van der Waals surface area contributed by atoms with Crippen molar-refractivity contribution in [2.45, 2.75) is 18.2 Å². The Morgan fingerprint density at radius 1 is 0.786 bits per heavy atom. The number of anilines is 3. The van der Waals surface area contributed by atoms with E-state index in [9.17, 15) is 8.42 Å². The largest absolute Gasteiger partial charge is 0.342 e. The second kappa shape index (κ2) is 9.10. The van der Waals surface area contributed by atoms with E-state index in [2.05, 4.69) is 15.4 Å². The number of hydrogen-bond acceptors (Lipinski definition) is 4. The zero-order valence-corrected chi connectivity index (χ0v) is 16.4. The van der Waals surface area contributed by atoms with Gasteiger partial charge in [0.2, 0.25) is 0 Å². The van der Waals surface area contributed by atoms with Gasteiger partial charge in [-0.05, 0) is 48.9 Å². The fraction of sp³-hybridized carbons (Fsp3) is 0.0909. The van der Waals surface area contributed by atoms with Crippen molar-refractivity contribution in [3.63, 3.8) is 0 Å². The summed E-state index contributed by atoms with van der Waals surface area (Å²) in [6.45, 7) is 2.04. The summed E-state index contributed by atoms with van der Waals surface area (Å²) < 4.78 is 28.0. The molecule has 6 heteroatoms. The molecule has 144 valence electrons. The van der Waals surface area contributed by atoms with E-state index < -0.39 is 10.0 Å². The average molecular weight is 394 g/mol. The maximum absolute atomic E-state index is 12.7. The van der Waals surface area contributed by atoms with Crippen LogP contribution in [0.3, 0.4) is 0 Å². The van der Waals surface area contributed by atoms with Gasteiger partial charge in [-0.25, -0.2) is 8.42 Å². The molecule has 0 atom stereocenters. The molecule has 0 aliphatic carbocycles. The van der Waals surface area contributed by atoms with E-state index in [1.807, 2.05) is 55.5 Å². The molecule has 3 N–H and O–H groups in total. The van der Waals surface area contributed by atoms with Crippen molar-refractivity contribution in [2.24, 2.45) is 0 Å². The summed E-state index contributed by atoms with van der Waals surface area (Å²) in [5, 5.41) is 6.62. The predicted molar refractivity (Wildman–Crippen MR) is 116 cm³/mol. The number of para-hydroxylation sites is 3. The van der Waals surface area contributed by atoms with Gasteiger partial charge < -0.3 is 10.6 Å². The molecule has 3 aromatic rings. The highest BCUT2D eigenvalue weighted by atomic mass is 32.2. The van der Waals surface area contributed by atoms with Crippen molar-refractivity contribution < 1.29 is 8.42 Å². The Morgan fingerprint density at radius 2 is 1.36 bits per heavy atom. The smallest absolute Gasteiger partial charge is 0.261 e. The van der Waals surface area contributed by atoms with Crippen molar-refractivity contribution in [1.82, 2.24) is 0 Å². The highest BCUT2D eigenvalue weighted by molar-refractivity contribution is 7.92. The summed E-state index contributed by atoms with van der Waals surface area (Å²) in [7, 11) is -3.67. The van der Waals surface area contributed by atoms with E-state index in [1.165, 1.54) is 0 Å². The third-order valence-corrected chi connectivity index (χ3v) is 5.34. The van der Waals surface area contributed by atoms with Gasteiger partial charge in [-0.2, -0.15) is 0 Å². The van der Waals surface area contributed by atoms with Gasteiger partial charge >= 0.3 is 0 Å². The maximum atomic E-state index is 12.7. The zero-order chi connectivity index (χ0) is 19.8. The molecule has 0 unspecified atom stereocenters. The van der Waals surface area contributed by atoms with Gasteiger partial charge in [0.15, 0.2) is 0 Å². The van der Waals surface area contributed by atoms with Gasteiger partial charge in [0.25, 0.3) is 10.0 Å². The molecule has 0 saturated heterocycles. The second-order valence-corrected chi connectivity index (χ2v) is 7.79. The molecule has 3 rings (SSSR count). The Bertz CT molecular complexity index is 1030. The number of hydrogen-bond donors (Lipinski definition) is 3. The third-order valence-electron chi connectivity index (χ3n) is 3.96. The topological polar surface area (TPSA) is 70.2 Å². The molecule has 0 amide bonds. The van der Waals surface area contributed by atoms with Gasteiger partial charge in [0.1, 0.15) is 5.82 Å². The van der Waals surface area contributed by atoms with E-state index >= 15 is 0 Å². The first-order valence-electron chi connectivity index (χ1n) is 9.04. The molecule has 28 heavy (non-hydrogen) atoms. The van der Waals surface area contributed by atoms with E-state index in [-0.39, 0.29) is 4.90 Å². The average Bonchev–Trinajstić information content (AvgIpc) is 2.71. The molecule has 0 radical (unpaired) electrons. The Labute approximate surface area is 166 Å². The van der Waals surface area contributed by atoms with Crippen LogP contribution in [0.1, 0.15) is 13.3 Å². The molecule has 0 heterocycles. The lowest BCUT2D eigenvalue weighted by Crippen LogP contribution is -2.16. The number of rotatable bonds is 8. The lowest BCUT2D eigenvalue weighted by atomic mass is 10.2. The van der Waals surface area contributed by atoms with Crippen LogP contribution in [0, 0.1) is 0 Å². The molecule has 0 spiro atoms. The fourth-order valence-electron chi connectivity index (χ4n) is 2.64. The first kappa shape index (κ1) is 19.5. The Kier molecular flexibility index (Phi) is 6.34. The lowest BCUT2D eigenvalue weighted by molar-refractivity contribution is 0.601. The quantitative estimate of drug-likeness (QED) is 0.488. The zero-order valence-electron chi connectivity index (χ0n) is 15.6. The van der Waals surface area contributed by atoms with Gasteiger partial charge in [0.05, 0.1) is 16.3 Å². The molecule has 0 saturated carbocycles. The minimum atomic E-state index is -3.67. The summed E-state index contributed by atoms with van der Waals surface area (Å²) in [5.41, 5.74) is 2.07. The summed E-state index contributed by atoms with van der Waals surface area (Å²) in [6, 6.07) is 25.3. The van der Waals surface area contributed by atoms with Crippen LogP contribution < -0.4 is 15.4 Å². The summed E-state index contributed by atoms with van der Waals surface area (Å²) in [5.74, 6) is 0.778. The standard InChI is InChI=1S/C22H23N3O2S/c1-2-11-22(23-18-12-5-3-6-13-18)24-20-16-9-10-17-21(20)25-28(26,27)19-14-7-4-8-15-19/h3-17,23-25H,2H2,1H3. The minimum Gasteiger partial charge on any atom is -0.342 e. The number of benzene rings is 3. The molecule has 0 aliphatic heterocycles. The molecule has 5 nitrogen and oxygen atoms in total. The first-order chi connectivity index (χ1) is 13.6. The van der Waals surface area contributed by atoms with E-state index in [4.69, 9.17) is 0 Å². The number of sulfonamides is 1. The van der Waals surface area contributed by atoms with Crippen LogP contribution in [0.25, 0.3) is 0 Å². The van der Waals surface area contributed by atoms with Crippen molar-refractivity contribution in [2.75, 3.05) is 15.4 Å². The normalized spacial score (nSPS) is 11.7. The molecule has 0 bridgehead atoms. The molecule has 0 fully saturated rings. The van der Waals surface area contributed by atoms with Crippen molar-refractivity contribution in [3.8, 4) is 0 Å². The molecule has 0 aliphatic rings. The van der Waals surface area contributed by atoms with Crippen LogP contribution in [-0.4, -0.2) is 8.42 Å². The van der Waals surface area contributed by atoms with Crippen LogP contribution in [0.4, 0.5) is 17.1 Å². The highest BCUT2D eigenvalue weighted by Gasteiger charge is 2.15. The van der Waals surface area contributed by atoms with Crippen LogP contribution in [0.2, 0.25) is 0 Å². The van der Waals surface area contributed by atoms with Crippen molar-refractivity contribution in [1.29, 1.82) is 0 Å². The second-order valence-electron chi connectivity index (χ2n) is 6.11. The fourth-order valence-corrected chi connectivity index (χ4v) is 3.74. The number of nitrogens with one attached hydrogen (secondary N) is 3. The van der Waals surface area contributed by atoms with E-state index in [0.29, 0.717) is 11.4 Å². The third kappa shape index (κ3) is 5.14. The lowest BCUT2D eigenvalue weighted by Gasteiger charge is -2.17. The van der Waals surface area contributed by atoms with Gasteiger partial charge in [-0.1, -0.05) is 55.5 Å². The predicted octanol–water partition coefficient (Wildman–Crippen LogP) is 5.26. The molecular formula is C22H23N3O2S. The van der Waals surface area contributed by atoms with Crippen LogP contribution in [0.5, 0.6) is 0 Å². The SMILES string of the molecule is CCC=C(Nc1ccccc1)Nc1ccccc1NS(=O)(=O)c1ccccc1. The van der Waals surface area contributed by atoms with E-state index in [0.717, 1.165) is 17.9 Å². The van der Waals surface area contributed by atoms with E-state index in [1.54, 1.807) is 42.5 Å². The monoisotopic (exact) mass is 393 g/mol. The summed E-state index contributed by atoms with van der Waals surface area (Å²) in [6.07, 6.45) is 2.83. The van der Waals surface area contributed by atoms with Gasteiger partial charge in [-0.15, -0.1) is 0 Å². The number of allylic oxidation sites excluding steroid dienone is 1. The highest BCUT2D eigenvalue weighted by Crippen LogP contribution is 2.26. The summed E-state index contributed by atoms with van der Waals surface area (Å²) >= 11 is 0. The van der Waals surface area contributed by atoms with Crippen LogP contribution in [-0.2, 0) is 10.0 Å². The first-order valence-corrected chi connectivity index (χ1v) is 10.5. The maximum Gasteiger partial charge on any atom is 0.261 e. The van der Waals surface area contributed by atoms with Crippen molar-refractivity contribution >= 4 is 27.1 Å². The Balaban J connectivity index is 1.84. The van der Waals surface area contributed by atoms with Crippen LogP contribution in [0.15, 0.2) is 102 Å². The van der Waals surface area contributed by atoms with Gasteiger partial charge in [-0.3, -0.25) is 4.72 Å². The molecular weight excluding hydrogens is 370 g/mol. The van der Waals surface area contributed by atoms with Crippen LogP contribution >= 0.6 is 0 Å². The minimum absolute atomic E-state index is 0.219. The molecule has 0 aromatic heterocycles. The van der Waals surface area contributed by atoms with Gasteiger partial charge in [0, 0.05) is 5.69 Å². The Hall–Kier alpha value is -3.25. The Morgan fingerprint density at radius 3 is 2.00 bits per heavy atom. The molecule has 3 aromatic carbocycles.